The molecule has 2 aromatic rings. The summed E-state index contributed by atoms with van der Waals surface area (Å²) in [6, 6.07) is 15.8. The molecular weight excluding hydrogens is 430 g/mol. The molecule has 3 rings (SSSR count). The van der Waals surface area contributed by atoms with Gasteiger partial charge in [-0.05, 0) is 30.7 Å². The molecule has 2 amide bonds. The molecule has 144 valence electrons. The molecule has 2 aromatic carbocycles. The van der Waals surface area contributed by atoms with Crippen LogP contribution in [0.2, 0.25) is 0 Å². The molecule has 1 aliphatic heterocycles. The number of benzene rings is 2. The number of nitrogens with zero attached hydrogens (tertiary/aromatic N) is 2. The van der Waals surface area contributed by atoms with Crippen LogP contribution in [0.25, 0.3) is 0 Å². The molecule has 6 nitrogen and oxygen atoms in total. The first-order valence-electron chi connectivity index (χ1n) is 8.74. The van der Waals surface area contributed by atoms with Crippen LogP contribution in [0.3, 0.4) is 0 Å². The van der Waals surface area contributed by atoms with Crippen molar-refractivity contribution in [2.45, 2.75) is 17.9 Å². The maximum Gasteiger partial charge on any atom is 0.317 e. The van der Waals surface area contributed by atoms with Crippen LogP contribution in [0.1, 0.15) is 18.5 Å². The molecule has 0 aromatic heterocycles. The van der Waals surface area contributed by atoms with Crippen LogP contribution < -0.4 is 5.32 Å². The lowest BCUT2D eigenvalue weighted by molar-refractivity contribution is 0.169. The quantitative estimate of drug-likeness (QED) is 0.775. The lowest BCUT2D eigenvalue weighted by Crippen LogP contribution is -2.53. The molecule has 0 radical (unpaired) electrons. The second-order valence-electron chi connectivity index (χ2n) is 6.40. The Morgan fingerprint density at radius 3 is 2.22 bits per heavy atom. The molecule has 8 heteroatoms. The van der Waals surface area contributed by atoms with Gasteiger partial charge in [0.2, 0.25) is 10.0 Å². The van der Waals surface area contributed by atoms with Gasteiger partial charge in [-0.3, -0.25) is 0 Å². The first kappa shape index (κ1) is 19.9. The zero-order valence-electron chi connectivity index (χ0n) is 15.0. The Bertz CT molecular complexity index is 897. The van der Waals surface area contributed by atoms with E-state index in [0.717, 1.165) is 10.0 Å². The van der Waals surface area contributed by atoms with Gasteiger partial charge in [0.1, 0.15) is 0 Å². The molecule has 1 fully saturated rings. The highest BCUT2D eigenvalue weighted by Crippen LogP contribution is 2.23. The van der Waals surface area contributed by atoms with Crippen molar-refractivity contribution in [1.29, 1.82) is 0 Å². The fourth-order valence-electron chi connectivity index (χ4n) is 3.05. The summed E-state index contributed by atoms with van der Waals surface area (Å²) in [7, 11) is -3.51. The molecule has 1 N–H and O–H groups in total. The molecule has 27 heavy (non-hydrogen) atoms. The fourth-order valence-corrected chi connectivity index (χ4v) is 5.12. The summed E-state index contributed by atoms with van der Waals surface area (Å²) in [5.41, 5.74) is 0.996. The van der Waals surface area contributed by atoms with Crippen LogP contribution in [-0.4, -0.2) is 49.8 Å². The molecule has 0 spiro atoms. The normalized spacial score (nSPS) is 16.7. The third kappa shape index (κ3) is 4.51. The van der Waals surface area contributed by atoms with Crippen molar-refractivity contribution in [2.24, 2.45) is 0 Å². The molecule has 0 aliphatic carbocycles. The highest BCUT2D eigenvalue weighted by molar-refractivity contribution is 9.10. The Kier molecular flexibility index (Phi) is 6.18. The van der Waals surface area contributed by atoms with E-state index in [4.69, 9.17) is 0 Å². The summed E-state index contributed by atoms with van der Waals surface area (Å²) in [4.78, 5) is 14.5. The number of rotatable bonds is 4. The largest absolute Gasteiger partial charge is 0.331 e. The van der Waals surface area contributed by atoms with E-state index >= 15 is 0 Å². The van der Waals surface area contributed by atoms with Crippen LogP contribution in [0.15, 0.2) is 64.0 Å². The average Bonchev–Trinajstić information content (AvgIpc) is 2.69. The molecular formula is C19H22BrN3O3S. The van der Waals surface area contributed by atoms with Gasteiger partial charge in [0.05, 0.1) is 10.9 Å². The van der Waals surface area contributed by atoms with E-state index in [9.17, 15) is 13.2 Å². The maximum absolute atomic E-state index is 12.7. The number of carbonyl (C=O) groups is 1. The molecule has 1 atom stereocenters. The SMILES string of the molecule is CC(NC(=O)N1CCN(S(=O)(=O)c2ccccc2)CC1)c1ccccc1Br. The Morgan fingerprint density at radius 2 is 1.59 bits per heavy atom. The summed E-state index contributed by atoms with van der Waals surface area (Å²) in [6.07, 6.45) is 0. The van der Waals surface area contributed by atoms with E-state index < -0.39 is 10.0 Å². The third-order valence-corrected chi connectivity index (χ3v) is 7.25. The number of carbonyl (C=O) groups excluding carboxylic acids is 1. The predicted octanol–water partition coefficient (Wildman–Crippen LogP) is 3.23. The summed E-state index contributed by atoms with van der Waals surface area (Å²) in [6.45, 7) is 3.22. The van der Waals surface area contributed by atoms with Crippen molar-refractivity contribution < 1.29 is 13.2 Å². The standard InChI is InChI=1S/C19H22BrN3O3S/c1-15(17-9-5-6-10-18(17)20)21-19(24)22-11-13-23(14-12-22)27(25,26)16-7-3-2-4-8-16/h2-10,15H,11-14H2,1H3,(H,21,24). The van der Waals surface area contributed by atoms with Crippen molar-refractivity contribution in [2.75, 3.05) is 26.2 Å². The van der Waals surface area contributed by atoms with Crippen molar-refractivity contribution in [3.63, 3.8) is 0 Å². The van der Waals surface area contributed by atoms with Gasteiger partial charge in [0, 0.05) is 30.7 Å². The minimum Gasteiger partial charge on any atom is -0.331 e. The smallest absolute Gasteiger partial charge is 0.317 e. The van der Waals surface area contributed by atoms with Gasteiger partial charge >= 0.3 is 6.03 Å². The van der Waals surface area contributed by atoms with Gasteiger partial charge in [-0.15, -0.1) is 0 Å². The van der Waals surface area contributed by atoms with Crippen LogP contribution in [0, 0.1) is 0 Å². The highest BCUT2D eigenvalue weighted by atomic mass is 79.9. The van der Waals surface area contributed by atoms with Gasteiger partial charge in [-0.2, -0.15) is 4.31 Å². The Balaban J connectivity index is 1.59. The molecule has 0 bridgehead atoms. The number of piperazine rings is 1. The minimum atomic E-state index is -3.51. The van der Waals surface area contributed by atoms with Crippen LogP contribution in [0.4, 0.5) is 4.79 Å². The monoisotopic (exact) mass is 451 g/mol. The predicted molar refractivity (Wildman–Crippen MR) is 108 cm³/mol. The number of urea groups is 1. The molecule has 1 heterocycles. The molecule has 1 saturated heterocycles. The topological polar surface area (TPSA) is 69.7 Å². The van der Waals surface area contributed by atoms with Crippen molar-refractivity contribution >= 4 is 32.0 Å². The molecule has 0 saturated carbocycles. The molecule has 1 aliphatic rings. The number of halogens is 1. The van der Waals surface area contributed by atoms with Gasteiger partial charge in [-0.1, -0.05) is 52.3 Å². The Morgan fingerprint density at radius 1 is 1.00 bits per heavy atom. The summed E-state index contributed by atoms with van der Waals surface area (Å²) in [5.74, 6) is 0. The zero-order chi connectivity index (χ0) is 19.4. The Hall–Kier alpha value is -1.90. The number of hydrogen-bond donors (Lipinski definition) is 1. The fraction of sp³-hybridized carbons (Fsp3) is 0.316. The van der Waals surface area contributed by atoms with Crippen molar-refractivity contribution in [1.82, 2.24) is 14.5 Å². The number of sulfonamides is 1. The van der Waals surface area contributed by atoms with E-state index in [-0.39, 0.29) is 30.1 Å². The highest BCUT2D eigenvalue weighted by Gasteiger charge is 2.30. The van der Waals surface area contributed by atoms with Gasteiger partial charge < -0.3 is 10.2 Å². The maximum atomic E-state index is 12.7. The van der Waals surface area contributed by atoms with Gasteiger partial charge in [0.15, 0.2) is 0 Å². The Labute approximate surface area is 168 Å². The second-order valence-corrected chi connectivity index (χ2v) is 9.19. The van der Waals surface area contributed by atoms with Gasteiger partial charge in [-0.25, -0.2) is 13.2 Å². The number of nitrogens with one attached hydrogen (secondary N) is 1. The van der Waals surface area contributed by atoms with Crippen LogP contribution in [0.5, 0.6) is 0 Å². The first-order chi connectivity index (χ1) is 12.9. The van der Waals surface area contributed by atoms with Crippen molar-refractivity contribution in [3.8, 4) is 0 Å². The van der Waals surface area contributed by atoms with Crippen LogP contribution >= 0.6 is 15.9 Å². The average molecular weight is 452 g/mol. The zero-order valence-corrected chi connectivity index (χ0v) is 17.4. The van der Waals surface area contributed by atoms with Crippen LogP contribution in [-0.2, 0) is 10.0 Å². The summed E-state index contributed by atoms with van der Waals surface area (Å²) < 4.78 is 27.7. The lowest BCUT2D eigenvalue weighted by atomic mass is 10.1. The third-order valence-electron chi connectivity index (χ3n) is 4.62. The van der Waals surface area contributed by atoms with Crippen molar-refractivity contribution in [3.05, 3.63) is 64.6 Å². The van der Waals surface area contributed by atoms with E-state index in [1.54, 1.807) is 35.2 Å². The van der Waals surface area contributed by atoms with E-state index in [1.807, 2.05) is 31.2 Å². The van der Waals surface area contributed by atoms with E-state index in [1.165, 1.54) is 4.31 Å². The summed E-state index contributed by atoms with van der Waals surface area (Å²) in [5, 5.41) is 2.98. The summed E-state index contributed by atoms with van der Waals surface area (Å²) >= 11 is 3.50. The van der Waals surface area contributed by atoms with Gasteiger partial charge in [0.25, 0.3) is 0 Å². The first-order valence-corrected chi connectivity index (χ1v) is 11.0. The second kappa shape index (κ2) is 8.41. The van der Waals surface area contributed by atoms with E-state index in [2.05, 4.69) is 21.2 Å². The molecule has 1 unspecified atom stereocenters. The number of amides is 2. The lowest BCUT2D eigenvalue weighted by Gasteiger charge is -2.34. The van der Waals surface area contributed by atoms with E-state index in [0.29, 0.717) is 13.1 Å². The number of hydrogen-bond acceptors (Lipinski definition) is 3. The minimum absolute atomic E-state index is 0.154.